The molecular weight excluding hydrogens is 188 g/mol. The van der Waals surface area contributed by atoms with Crippen LogP contribution in [0, 0.1) is 0 Å². The highest BCUT2D eigenvalue weighted by Gasteiger charge is 2.15. The molecule has 0 amide bonds. The van der Waals surface area contributed by atoms with E-state index in [1.807, 2.05) is 30.8 Å². The van der Waals surface area contributed by atoms with Gasteiger partial charge in [-0.15, -0.1) is 6.58 Å². The topological polar surface area (TPSA) is 34.9 Å². The maximum absolute atomic E-state index is 10.9. The minimum absolute atomic E-state index is 0.252. The largest absolute Gasteiger partial charge is 0.298 e. The number of nitrogens with zero attached hydrogens (tertiary/aromatic N) is 2. The highest BCUT2D eigenvalue weighted by atomic mass is 16.1. The van der Waals surface area contributed by atoms with E-state index in [-0.39, 0.29) is 12.0 Å². The maximum Gasteiger partial charge on any atom is 0.153 e. The molecule has 1 aromatic heterocycles. The number of hydrogen-bond donors (Lipinski definition) is 0. The highest BCUT2D eigenvalue weighted by molar-refractivity contribution is 5.76. The Bertz CT molecular complexity index is 353. The molecule has 1 unspecified atom stereocenters. The lowest BCUT2D eigenvalue weighted by Crippen LogP contribution is -2.03. The van der Waals surface area contributed by atoms with E-state index in [4.69, 9.17) is 0 Å². The van der Waals surface area contributed by atoms with Gasteiger partial charge in [0.1, 0.15) is 0 Å². The molecular formula is C12H18N2O. The lowest BCUT2D eigenvalue weighted by atomic mass is 10.0. The third kappa shape index (κ3) is 2.55. The Morgan fingerprint density at radius 2 is 2.20 bits per heavy atom. The first-order chi connectivity index (χ1) is 7.10. The van der Waals surface area contributed by atoms with Gasteiger partial charge in [-0.2, -0.15) is 5.10 Å². The van der Waals surface area contributed by atoms with Crippen LogP contribution in [0.3, 0.4) is 0 Å². The van der Waals surface area contributed by atoms with Crippen molar-refractivity contribution in [1.29, 1.82) is 0 Å². The van der Waals surface area contributed by atoms with Crippen molar-refractivity contribution in [2.45, 2.75) is 39.2 Å². The van der Waals surface area contributed by atoms with E-state index >= 15 is 0 Å². The van der Waals surface area contributed by atoms with Crippen molar-refractivity contribution in [2.75, 3.05) is 0 Å². The second-order valence-electron chi connectivity index (χ2n) is 4.09. The van der Waals surface area contributed by atoms with Gasteiger partial charge < -0.3 is 0 Å². The van der Waals surface area contributed by atoms with Gasteiger partial charge in [-0.1, -0.05) is 13.0 Å². The summed E-state index contributed by atoms with van der Waals surface area (Å²) >= 11 is 0. The summed E-state index contributed by atoms with van der Waals surface area (Å²) in [6.45, 7) is 9.85. The number of rotatable bonds is 5. The molecule has 0 aliphatic rings. The zero-order valence-corrected chi connectivity index (χ0v) is 9.60. The van der Waals surface area contributed by atoms with E-state index < -0.39 is 0 Å². The van der Waals surface area contributed by atoms with E-state index in [1.165, 1.54) is 0 Å². The van der Waals surface area contributed by atoms with Crippen LogP contribution in [-0.2, 0) is 0 Å². The monoisotopic (exact) mass is 206 g/mol. The van der Waals surface area contributed by atoms with Crippen LogP contribution < -0.4 is 0 Å². The van der Waals surface area contributed by atoms with Crippen molar-refractivity contribution in [3.8, 4) is 0 Å². The van der Waals surface area contributed by atoms with Gasteiger partial charge in [0.15, 0.2) is 6.29 Å². The van der Waals surface area contributed by atoms with Crippen molar-refractivity contribution < 1.29 is 4.79 Å². The van der Waals surface area contributed by atoms with Crippen LogP contribution >= 0.6 is 0 Å². The minimum Gasteiger partial charge on any atom is -0.298 e. The average molecular weight is 206 g/mol. The standard InChI is InChI=1S/C12H18N2O/c1-5-6-10(4)12-11(8-15)7-14(13-12)9(2)3/h5,7-10H,1,6H2,2-4H3. The lowest BCUT2D eigenvalue weighted by Gasteiger charge is -2.07. The summed E-state index contributed by atoms with van der Waals surface area (Å²) in [4.78, 5) is 10.9. The summed E-state index contributed by atoms with van der Waals surface area (Å²) in [5.41, 5.74) is 1.57. The molecule has 1 atom stereocenters. The average Bonchev–Trinajstić information content (AvgIpc) is 2.61. The van der Waals surface area contributed by atoms with Crippen molar-refractivity contribution in [1.82, 2.24) is 9.78 Å². The van der Waals surface area contributed by atoms with E-state index in [2.05, 4.69) is 18.6 Å². The quantitative estimate of drug-likeness (QED) is 0.548. The van der Waals surface area contributed by atoms with Gasteiger partial charge in [0.05, 0.1) is 11.3 Å². The molecule has 3 nitrogen and oxygen atoms in total. The third-order valence-electron chi connectivity index (χ3n) is 2.43. The number of carbonyl (C=O) groups excluding carboxylic acids is 1. The summed E-state index contributed by atoms with van der Waals surface area (Å²) in [5, 5.41) is 4.44. The van der Waals surface area contributed by atoms with Gasteiger partial charge in [-0.3, -0.25) is 9.48 Å². The molecule has 0 aromatic carbocycles. The van der Waals surface area contributed by atoms with Gasteiger partial charge in [0.2, 0.25) is 0 Å². The zero-order valence-electron chi connectivity index (χ0n) is 9.60. The fourth-order valence-electron chi connectivity index (χ4n) is 1.52. The molecule has 0 radical (unpaired) electrons. The Morgan fingerprint density at radius 3 is 2.67 bits per heavy atom. The van der Waals surface area contributed by atoms with E-state index in [0.717, 1.165) is 18.4 Å². The molecule has 1 heterocycles. The number of allylic oxidation sites excluding steroid dienone is 1. The van der Waals surface area contributed by atoms with E-state index in [0.29, 0.717) is 5.56 Å². The molecule has 0 bridgehead atoms. The predicted octanol–water partition coefficient (Wildman–Crippen LogP) is 2.96. The molecule has 1 rings (SSSR count). The zero-order chi connectivity index (χ0) is 11.4. The smallest absolute Gasteiger partial charge is 0.153 e. The first-order valence-corrected chi connectivity index (χ1v) is 5.25. The maximum atomic E-state index is 10.9. The Kier molecular flexibility index (Phi) is 3.83. The summed E-state index contributed by atoms with van der Waals surface area (Å²) in [5.74, 6) is 0.252. The number of carbonyl (C=O) groups is 1. The van der Waals surface area contributed by atoms with Gasteiger partial charge in [0.25, 0.3) is 0 Å². The van der Waals surface area contributed by atoms with E-state index in [9.17, 15) is 4.79 Å². The van der Waals surface area contributed by atoms with Crippen LogP contribution in [0.25, 0.3) is 0 Å². The van der Waals surface area contributed by atoms with Crippen LogP contribution in [0.1, 0.15) is 55.2 Å². The molecule has 0 aliphatic heterocycles. The normalized spacial score (nSPS) is 12.8. The molecule has 1 aromatic rings. The third-order valence-corrected chi connectivity index (χ3v) is 2.43. The fourth-order valence-corrected chi connectivity index (χ4v) is 1.52. The molecule has 0 N–H and O–H groups in total. The summed E-state index contributed by atoms with van der Waals surface area (Å²) < 4.78 is 1.83. The Hall–Kier alpha value is -1.38. The van der Waals surface area contributed by atoms with Crippen molar-refractivity contribution in [2.24, 2.45) is 0 Å². The Balaban J connectivity index is 3.04. The second kappa shape index (κ2) is 4.91. The molecule has 3 heteroatoms. The first kappa shape index (κ1) is 11.7. The fraction of sp³-hybridized carbons (Fsp3) is 0.500. The van der Waals surface area contributed by atoms with E-state index in [1.54, 1.807) is 0 Å². The van der Waals surface area contributed by atoms with Gasteiger partial charge in [0, 0.05) is 18.2 Å². The van der Waals surface area contributed by atoms with Crippen molar-refractivity contribution >= 4 is 6.29 Å². The second-order valence-corrected chi connectivity index (χ2v) is 4.09. The van der Waals surface area contributed by atoms with Gasteiger partial charge >= 0.3 is 0 Å². The number of aldehydes is 1. The highest BCUT2D eigenvalue weighted by Crippen LogP contribution is 2.21. The molecule has 0 spiro atoms. The van der Waals surface area contributed by atoms with Crippen LogP contribution in [0.4, 0.5) is 0 Å². The molecule has 15 heavy (non-hydrogen) atoms. The number of aromatic nitrogens is 2. The lowest BCUT2D eigenvalue weighted by molar-refractivity contribution is 0.112. The molecule has 82 valence electrons. The Labute approximate surface area is 90.8 Å². The molecule has 0 saturated carbocycles. The van der Waals surface area contributed by atoms with Gasteiger partial charge in [-0.25, -0.2) is 0 Å². The first-order valence-electron chi connectivity index (χ1n) is 5.25. The van der Waals surface area contributed by atoms with Crippen molar-refractivity contribution in [3.05, 3.63) is 30.1 Å². The molecule has 0 saturated heterocycles. The Morgan fingerprint density at radius 1 is 1.53 bits per heavy atom. The molecule has 0 fully saturated rings. The summed E-state index contributed by atoms with van der Waals surface area (Å²) in [6.07, 6.45) is 5.39. The summed E-state index contributed by atoms with van der Waals surface area (Å²) in [7, 11) is 0. The van der Waals surface area contributed by atoms with Gasteiger partial charge in [-0.05, 0) is 20.3 Å². The predicted molar refractivity (Wildman–Crippen MR) is 61.2 cm³/mol. The number of hydrogen-bond acceptors (Lipinski definition) is 2. The summed E-state index contributed by atoms with van der Waals surface area (Å²) in [6, 6.07) is 0.286. The van der Waals surface area contributed by atoms with Crippen molar-refractivity contribution in [3.63, 3.8) is 0 Å². The molecule has 0 aliphatic carbocycles. The van der Waals surface area contributed by atoms with Crippen LogP contribution in [0.5, 0.6) is 0 Å². The van der Waals surface area contributed by atoms with Crippen LogP contribution in [0.15, 0.2) is 18.9 Å². The SMILES string of the molecule is C=CCC(C)c1nn(C(C)C)cc1C=O. The van der Waals surface area contributed by atoms with Crippen LogP contribution in [-0.4, -0.2) is 16.1 Å². The van der Waals surface area contributed by atoms with Crippen LogP contribution in [0.2, 0.25) is 0 Å². The minimum atomic E-state index is 0.252.